The topological polar surface area (TPSA) is 67.8 Å². The van der Waals surface area contributed by atoms with E-state index in [0.29, 0.717) is 30.4 Å². The number of aromatic nitrogens is 2. The van der Waals surface area contributed by atoms with Crippen molar-refractivity contribution in [1.82, 2.24) is 14.9 Å². The van der Waals surface area contributed by atoms with Gasteiger partial charge in [-0.2, -0.15) is 0 Å². The molecule has 0 saturated carbocycles. The normalized spacial score (nSPS) is 13.1. The molecule has 1 aliphatic heterocycles. The van der Waals surface area contributed by atoms with Crippen LogP contribution in [0.3, 0.4) is 0 Å². The van der Waals surface area contributed by atoms with E-state index in [1.165, 1.54) is 5.56 Å². The van der Waals surface area contributed by atoms with Crippen LogP contribution in [0.4, 0.5) is 5.82 Å². The number of ether oxygens (including phenoxy) is 2. The Hall–Kier alpha value is -2.83. The fourth-order valence-corrected chi connectivity index (χ4v) is 3.59. The second kappa shape index (κ2) is 8.46. The van der Waals surface area contributed by atoms with E-state index >= 15 is 0 Å². The van der Waals surface area contributed by atoms with Crippen molar-refractivity contribution in [3.05, 3.63) is 40.8 Å². The van der Waals surface area contributed by atoms with E-state index in [1.54, 1.807) is 20.3 Å². The summed E-state index contributed by atoms with van der Waals surface area (Å²) >= 11 is 0. The van der Waals surface area contributed by atoms with Gasteiger partial charge in [0.2, 0.25) is 0 Å². The van der Waals surface area contributed by atoms with Gasteiger partial charge in [0, 0.05) is 32.2 Å². The number of nitrogens with zero attached hydrogens (tertiary/aromatic N) is 4. The average Bonchev–Trinajstić information content (AvgIpc) is 2.72. The molecule has 2 aromatic rings. The molecule has 0 fully saturated rings. The summed E-state index contributed by atoms with van der Waals surface area (Å²) in [4.78, 5) is 26.0. The minimum absolute atomic E-state index is 0.0701. The number of fused-ring (bicyclic) bond motifs is 1. The van der Waals surface area contributed by atoms with E-state index in [4.69, 9.17) is 9.47 Å². The van der Waals surface area contributed by atoms with E-state index in [9.17, 15) is 4.79 Å². The molecular weight excluding hydrogens is 356 g/mol. The first-order chi connectivity index (χ1) is 13.5. The van der Waals surface area contributed by atoms with Crippen molar-refractivity contribution in [1.29, 1.82) is 0 Å². The maximum atomic E-state index is 13.2. The van der Waals surface area contributed by atoms with E-state index < -0.39 is 0 Å². The van der Waals surface area contributed by atoms with Gasteiger partial charge in [0.25, 0.3) is 5.91 Å². The first-order valence-electron chi connectivity index (χ1n) is 9.64. The first kappa shape index (κ1) is 19.9. The van der Waals surface area contributed by atoms with Gasteiger partial charge in [-0.3, -0.25) is 4.79 Å². The molecule has 1 amide bonds. The number of anilines is 1. The Balaban J connectivity index is 1.87. The number of benzene rings is 1. The predicted molar refractivity (Wildman–Crippen MR) is 108 cm³/mol. The maximum Gasteiger partial charge on any atom is 0.272 e. The molecule has 0 bridgehead atoms. The highest BCUT2D eigenvalue weighted by atomic mass is 16.5. The van der Waals surface area contributed by atoms with Crippen molar-refractivity contribution in [2.45, 2.75) is 33.7 Å². The smallest absolute Gasteiger partial charge is 0.272 e. The summed E-state index contributed by atoms with van der Waals surface area (Å²) in [5.41, 5.74) is 2.70. The van der Waals surface area contributed by atoms with Gasteiger partial charge in [-0.1, -0.05) is 0 Å². The number of aryl methyl sites for hydroxylation is 1. The molecule has 0 aliphatic carbocycles. The van der Waals surface area contributed by atoms with Crippen molar-refractivity contribution in [3.63, 3.8) is 0 Å². The summed E-state index contributed by atoms with van der Waals surface area (Å²) < 4.78 is 10.8. The highest BCUT2D eigenvalue weighted by molar-refractivity contribution is 5.93. The molecule has 1 aromatic carbocycles. The van der Waals surface area contributed by atoms with Crippen molar-refractivity contribution < 1.29 is 14.3 Å². The van der Waals surface area contributed by atoms with Gasteiger partial charge in [-0.05, 0) is 50.5 Å². The van der Waals surface area contributed by atoms with Crippen LogP contribution in [0.15, 0.2) is 18.2 Å². The highest BCUT2D eigenvalue weighted by Gasteiger charge is 2.25. The minimum Gasteiger partial charge on any atom is -0.493 e. The van der Waals surface area contributed by atoms with Crippen LogP contribution < -0.4 is 14.4 Å². The SMILES string of the molecule is CCN(CC)c1cc(C(=O)N2CCc3cc(OC)c(OC)cc3C2)nc(C)n1. The van der Waals surface area contributed by atoms with Crippen LogP contribution in [0.25, 0.3) is 0 Å². The minimum atomic E-state index is -0.0701. The zero-order valence-corrected chi connectivity index (χ0v) is 17.3. The van der Waals surface area contributed by atoms with E-state index in [1.807, 2.05) is 24.0 Å². The molecule has 1 aromatic heterocycles. The fourth-order valence-electron chi connectivity index (χ4n) is 3.59. The Labute approximate surface area is 166 Å². The highest BCUT2D eigenvalue weighted by Crippen LogP contribution is 2.33. The molecule has 0 spiro atoms. The Bertz CT molecular complexity index is 865. The first-order valence-corrected chi connectivity index (χ1v) is 9.64. The van der Waals surface area contributed by atoms with Crippen LogP contribution in [-0.2, 0) is 13.0 Å². The zero-order chi connectivity index (χ0) is 20.3. The van der Waals surface area contributed by atoms with Crippen LogP contribution in [0.1, 0.15) is 41.3 Å². The number of rotatable bonds is 6. The third kappa shape index (κ3) is 3.88. The molecule has 0 atom stereocenters. The van der Waals surface area contributed by atoms with E-state index in [2.05, 4.69) is 28.7 Å². The summed E-state index contributed by atoms with van der Waals surface area (Å²) in [5.74, 6) is 2.73. The Morgan fingerprint density at radius 3 is 2.32 bits per heavy atom. The predicted octanol–water partition coefficient (Wildman–Crippen LogP) is 2.85. The lowest BCUT2D eigenvalue weighted by Gasteiger charge is -2.30. The summed E-state index contributed by atoms with van der Waals surface area (Å²) in [6.45, 7) is 8.81. The number of carbonyl (C=O) groups is 1. The number of amides is 1. The molecule has 1 aliphatic rings. The summed E-state index contributed by atoms with van der Waals surface area (Å²) in [5, 5.41) is 0. The largest absolute Gasteiger partial charge is 0.493 e. The lowest BCUT2D eigenvalue weighted by Crippen LogP contribution is -2.36. The quantitative estimate of drug-likeness (QED) is 0.763. The van der Waals surface area contributed by atoms with E-state index in [0.717, 1.165) is 36.6 Å². The van der Waals surface area contributed by atoms with Crippen molar-refractivity contribution in [3.8, 4) is 11.5 Å². The molecule has 0 N–H and O–H groups in total. The number of hydrogen-bond acceptors (Lipinski definition) is 6. The van der Waals surface area contributed by atoms with Gasteiger partial charge in [0.05, 0.1) is 14.2 Å². The van der Waals surface area contributed by atoms with Crippen molar-refractivity contribution >= 4 is 11.7 Å². The zero-order valence-electron chi connectivity index (χ0n) is 17.3. The molecule has 7 heteroatoms. The molecule has 2 heterocycles. The van der Waals surface area contributed by atoms with Crippen LogP contribution in [0.2, 0.25) is 0 Å². The maximum absolute atomic E-state index is 13.2. The molecule has 0 saturated heterocycles. The second-order valence-electron chi connectivity index (χ2n) is 6.78. The Morgan fingerprint density at radius 1 is 1.07 bits per heavy atom. The van der Waals surface area contributed by atoms with Crippen LogP contribution in [-0.4, -0.2) is 54.6 Å². The van der Waals surface area contributed by atoms with Crippen LogP contribution >= 0.6 is 0 Å². The Kier molecular flexibility index (Phi) is 6.02. The average molecular weight is 384 g/mol. The van der Waals surface area contributed by atoms with Crippen LogP contribution in [0, 0.1) is 6.92 Å². The number of carbonyl (C=O) groups excluding carboxylic acids is 1. The number of hydrogen-bond donors (Lipinski definition) is 0. The lowest BCUT2D eigenvalue weighted by molar-refractivity contribution is 0.0728. The molecule has 7 nitrogen and oxygen atoms in total. The molecule has 0 unspecified atom stereocenters. The summed E-state index contributed by atoms with van der Waals surface area (Å²) in [6, 6.07) is 5.76. The van der Waals surface area contributed by atoms with E-state index in [-0.39, 0.29) is 5.91 Å². The molecular formula is C21H28N4O3. The lowest BCUT2D eigenvalue weighted by atomic mass is 9.98. The van der Waals surface area contributed by atoms with Gasteiger partial charge >= 0.3 is 0 Å². The van der Waals surface area contributed by atoms with Gasteiger partial charge in [0.15, 0.2) is 11.5 Å². The standard InChI is InChI=1S/C21H28N4O3/c1-6-24(7-2)20-12-17(22-14(3)23-20)21(26)25-9-8-15-10-18(27-4)19(28-5)11-16(15)13-25/h10-12H,6-9,13H2,1-5H3. The van der Waals surface area contributed by atoms with Crippen molar-refractivity contribution in [2.75, 3.05) is 38.8 Å². The van der Waals surface area contributed by atoms with Gasteiger partial charge in [-0.15, -0.1) is 0 Å². The fraction of sp³-hybridized carbons (Fsp3) is 0.476. The van der Waals surface area contributed by atoms with Gasteiger partial charge in [0.1, 0.15) is 17.3 Å². The monoisotopic (exact) mass is 384 g/mol. The van der Waals surface area contributed by atoms with Crippen molar-refractivity contribution in [2.24, 2.45) is 0 Å². The number of methoxy groups -OCH3 is 2. The Morgan fingerprint density at radius 2 is 1.71 bits per heavy atom. The summed E-state index contributed by atoms with van der Waals surface area (Å²) in [7, 11) is 3.25. The third-order valence-electron chi connectivity index (χ3n) is 5.14. The molecule has 3 rings (SSSR count). The third-order valence-corrected chi connectivity index (χ3v) is 5.14. The molecule has 150 valence electrons. The molecule has 0 radical (unpaired) electrons. The van der Waals surface area contributed by atoms with Gasteiger partial charge in [-0.25, -0.2) is 9.97 Å². The molecule has 28 heavy (non-hydrogen) atoms. The summed E-state index contributed by atoms with van der Waals surface area (Å²) in [6.07, 6.45) is 0.772. The van der Waals surface area contributed by atoms with Gasteiger partial charge < -0.3 is 19.3 Å². The van der Waals surface area contributed by atoms with Crippen LogP contribution in [0.5, 0.6) is 11.5 Å². The second-order valence-corrected chi connectivity index (χ2v) is 6.78.